The minimum atomic E-state index is 0. The minimum absolute atomic E-state index is 0. The number of hydrogen-bond donors (Lipinski definition) is 2. The fourth-order valence-corrected chi connectivity index (χ4v) is 2.08. The molecular weight excluding hydrogens is 379 g/mol. The number of hydrogen-bond acceptors (Lipinski definition) is 3. The Morgan fingerprint density at radius 3 is 2.67 bits per heavy atom. The molecule has 21 heavy (non-hydrogen) atoms. The largest absolute Gasteiger partial charge is 0.383 e. The highest BCUT2D eigenvalue weighted by Crippen LogP contribution is 2.23. The second-order valence-corrected chi connectivity index (χ2v) is 5.36. The number of halogens is 1. The van der Waals surface area contributed by atoms with Gasteiger partial charge in [-0.1, -0.05) is 19.9 Å². The number of pyridine rings is 1. The van der Waals surface area contributed by atoms with Gasteiger partial charge in [0.2, 0.25) is 0 Å². The molecule has 0 aliphatic carbocycles. The number of nitrogens with two attached hydrogens (primary N) is 1. The quantitative estimate of drug-likeness (QED) is 0.414. The van der Waals surface area contributed by atoms with Crippen molar-refractivity contribution in [2.75, 3.05) is 20.3 Å². The first kappa shape index (κ1) is 20.1. The second kappa shape index (κ2) is 10.8. The molecule has 0 fully saturated rings. The number of aromatic nitrogens is 1. The van der Waals surface area contributed by atoms with Gasteiger partial charge in [-0.3, -0.25) is 9.98 Å². The average molecular weight is 406 g/mol. The first-order valence-corrected chi connectivity index (χ1v) is 7.00. The summed E-state index contributed by atoms with van der Waals surface area (Å²) >= 11 is 0. The van der Waals surface area contributed by atoms with Crippen molar-refractivity contribution in [1.29, 1.82) is 0 Å². The van der Waals surface area contributed by atoms with Gasteiger partial charge in [0.15, 0.2) is 5.96 Å². The van der Waals surface area contributed by atoms with Gasteiger partial charge in [0.25, 0.3) is 0 Å². The van der Waals surface area contributed by atoms with Gasteiger partial charge in [-0.25, -0.2) is 0 Å². The molecule has 0 aliphatic heterocycles. The molecule has 0 spiro atoms. The summed E-state index contributed by atoms with van der Waals surface area (Å²) in [5.41, 5.74) is 7.10. The van der Waals surface area contributed by atoms with Gasteiger partial charge in [-0.2, -0.15) is 0 Å². The number of rotatable bonds is 7. The van der Waals surface area contributed by atoms with Gasteiger partial charge < -0.3 is 15.8 Å². The lowest BCUT2D eigenvalue weighted by atomic mass is 9.89. The van der Waals surface area contributed by atoms with Gasteiger partial charge in [0, 0.05) is 38.0 Å². The maximum absolute atomic E-state index is 5.90. The van der Waals surface area contributed by atoms with Gasteiger partial charge in [0.1, 0.15) is 0 Å². The molecule has 3 N–H and O–H groups in total. The zero-order valence-electron chi connectivity index (χ0n) is 13.2. The van der Waals surface area contributed by atoms with Crippen LogP contribution in [0.3, 0.4) is 0 Å². The van der Waals surface area contributed by atoms with Gasteiger partial charge in [-0.15, -0.1) is 24.0 Å². The third-order valence-electron chi connectivity index (χ3n) is 3.19. The van der Waals surface area contributed by atoms with Crippen LogP contribution in [0.15, 0.2) is 29.5 Å². The van der Waals surface area contributed by atoms with Crippen LogP contribution in [0.2, 0.25) is 0 Å². The van der Waals surface area contributed by atoms with Crippen molar-refractivity contribution < 1.29 is 4.74 Å². The molecule has 5 nitrogen and oxygen atoms in total. The van der Waals surface area contributed by atoms with E-state index in [1.807, 2.05) is 19.2 Å². The molecule has 0 saturated heterocycles. The second-order valence-electron chi connectivity index (χ2n) is 5.36. The third-order valence-corrected chi connectivity index (χ3v) is 3.19. The Labute approximate surface area is 144 Å². The van der Waals surface area contributed by atoms with Crippen LogP contribution in [0, 0.1) is 5.92 Å². The van der Waals surface area contributed by atoms with E-state index in [1.165, 1.54) is 5.56 Å². The van der Waals surface area contributed by atoms with Crippen LogP contribution in [-0.2, 0) is 4.74 Å². The molecule has 0 bridgehead atoms. The molecule has 0 amide bonds. The first-order valence-electron chi connectivity index (χ1n) is 7.00. The lowest BCUT2D eigenvalue weighted by Crippen LogP contribution is -2.41. The smallest absolute Gasteiger partial charge is 0.188 e. The van der Waals surface area contributed by atoms with Crippen molar-refractivity contribution in [2.45, 2.75) is 32.7 Å². The van der Waals surface area contributed by atoms with E-state index in [4.69, 9.17) is 10.5 Å². The van der Waals surface area contributed by atoms with Crippen molar-refractivity contribution >= 4 is 29.9 Å². The van der Waals surface area contributed by atoms with Crippen molar-refractivity contribution in [2.24, 2.45) is 16.6 Å². The molecular formula is C15H27IN4O. The van der Waals surface area contributed by atoms with Crippen LogP contribution in [-0.4, -0.2) is 37.2 Å². The highest BCUT2D eigenvalue weighted by molar-refractivity contribution is 14.0. The van der Waals surface area contributed by atoms with E-state index in [-0.39, 0.29) is 30.0 Å². The molecule has 120 valence electrons. The Bertz CT molecular complexity index is 411. The number of guanidine groups is 1. The molecule has 0 radical (unpaired) electrons. The minimum Gasteiger partial charge on any atom is -0.383 e. The number of ether oxygens (including phenoxy) is 1. The maximum atomic E-state index is 5.90. The predicted octanol–water partition coefficient (Wildman–Crippen LogP) is 2.38. The lowest BCUT2D eigenvalue weighted by molar-refractivity contribution is 0.179. The number of methoxy groups -OCH3 is 1. The van der Waals surface area contributed by atoms with Crippen LogP contribution in [0.1, 0.15) is 32.3 Å². The first-order chi connectivity index (χ1) is 9.54. The Hall–Kier alpha value is -0.890. The van der Waals surface area contributed by atoms with Crippen LogP contribution in [0.25, 0.3) is 0 Å². The highest BCUT2D eigenvalue weighted by Gasteiger charge is 2.15. The van der Waals surface area contributed by atoms with Crippen molar-refractivity contribution in [3.63, 3.8) is 0 Å². The average Bonchev–Trinajstić information content (AvgIpc) is 2.40. The topological polar surface area (TPSA) is 72.5 Å². The maximum Gasteiger partial charge on any atom is 0.188 e. The monoisotopic (exact) mass is 406 g/mol. The summed E-state index contributed by atoms with van der Waals surface area (Å²) in [5.74, 6) is 1.26. The number of nitrogens with zero attached hydrogens (tertiary/aromatic N) is 2. The molecule has 2 atom stereocenters. The summed E-state index contributed by atoms with van der Waals surface area (Å²) in [6.45, 7) is 7.63. The molecule has 1 rings (SSSR count). The standard InChI is InChI=1S/C15H26N4O.HI/c1-11(2)14(13-6-5-7-17-8-13)9-18-15(16)19-12(3)10-20-4;/h5-8,11-12,14H,9-10H2,1-4H3,(H3,16,18,19);1H. The molecule has 1 heterocycles. The van der Waals surface area contributed by atoms with E-state index in [9.17, 15) is 0 Å². The van der Waals surface area contributed by atoms with E-state index in [1.54, 1.807) is 13.3 Å². The molecule has 6 heteroatoms. The van der Waals surface area contributed by atoms with E-state index >= 15 is 0 Å². The fourth-order valence-electron chi connectivity index (χ4n) is 2.08. The van der Waals surface area contributed by atoms with Crippen LogP contribution in [0.5, 0.6) is 0 Å². The van der Waals surface area contributed by atoms with Gasteiger partial charge in [-0.05, 0) is 24.5 Å². The van der Waals surface area contributed by atoms with Crippen LogP contribution in [0.4, 0.5) is 0 Å². The van der Waals surface area contributed by atoms with Crippen molar-refractivity contribution in [3.8, 4) is 0 Å². The molecule has 1 aromatic heterocycles. The summed E-state index contributed by atoms with van der Waals surface area (Å²) in [6, 6.07) is 4.20. The number of aliphatic imine (C=N–C) groups is 1. The van der Waals surface area contributed by atoms with Crippen LogP contribution >= 0.6 is 24.0 Å². The number of nitrogens with one attached hydrogen (secondary N) is 1. The molecule has 0 aliphatic rings. The molecule has 0 aromatic carbocycles. The van der Waals surface area contributed by atoms with Crippen molar-refractivity contribution in [1.82, 2.24) is 10.3 Å². The summed E-state index contributed by atoms with van der Waals surface area (Å²) < 4.78 is 5.06. The Kier molecular flexibility index (Phi) is 10.3. The summed E-state index contributed by atoms with van der Waals surface area (Å²) in [5, 5.41) is 3.11. The van der Waals surface area contributed by atoms with Crippen molar-refractivity contribution in [3.05, 3.63) is 30.1 Å². The van der Waals surface area contributed by atoms with Gasteiger partial charge >= 0.3 is 0 Å². The van der Waals surface area contributed by atoms with E-state index in [2.05, 4.69) is 35.2 Å². The fraction of sp³-hybridized carbons (Fsp3) is 0.600. The van der Waals surface area contributed by atoms with Crippen LogP contribution < -0.4 is 11.1 Å². The highest BCUT2D eigenvalue weighted by atomic mass is 127. The third kappa shape index (κ3) is 7.61. The summed E-state index contributed by atoms with van der Waals surface area (Å²) in [7, 11) is 1.67. The van der Waals surface area contributed by atoms with E-state index < -0.39 is 0 Å². The Morgan fingerprint density at radius 1 is 1.43 bits per heavy atom. The SMILES string of the molecule is COCC(C)NC(N)=NCC(c1cccnc1)C(C)C.I. The lowest BCUT2D eigenvalue weighted by Gasteiger charge is -2.20. The molecule has 1 aromatic rings. The predicted molar refractivity (Wildman–Crippen MR) is 98.2 cm³/mol. The zero-order valence-corrected chi connectivity index (χ0v) is 15.6. The molecule has 0 saturated carbocycles. The summed E-state index contributed by atoms with van der Waals surface area (Å²) in [4.78, 5) is 8.62. The van der Waals surface area contributed by atoms with E-state index in [0.29, 0.717) is 30.9 Å². The Morgan fingerprint density at radius 2 is 2.14 bits per heavy atom. The van der Waals surface area contributed by atoms with E-state index in [0.717, 1.165) is 0 Å². The normalized spacial score (nSPS) is 14.4. The summed E-state index contributed by atoms with van der Waals surface area (Å²) in [6.07, 6.45) is 3.68. The Balaban J connectivity index is 0.00000400. The molecule has 2 unspecified atom stereocenters. The van der Waals surface area contributed by atoms with Gasteiger partial charge in [0.05, 0.1) is 6.61 Å². The zero-order chi connectivity index (χ0) is 15.0.